The fraction of sp³-hybridized carbons (Fsp3) is 0.667. The third kappa shape index (κ3) is 11.1. The van der Waals surface area contributed by atoms with Gasteiger partial charge in [0.1, 0.15) is 0 Å². The average molecular weight is 380 g/mol. The number of rotatable bonds is 9. The molecule has 0 radical (unpaired) electrons. The number of aryl methyl sites for hydroxylation is 1. The number of aromatic nitrogens is 2. The number of anilines is 1. The molecule has 0 unspecified atom stereocenters. The number of nitrogens with one attached hydrogen (secondary N) is 3. The highest BCUT2D eigenvalue weighted by atomic mass is 16.5. The van der Waals surface area contributed by atoms with Crippen LogP contribution in [0.15, 0.2) is 12.4 Å². The lowest BCUT2D eigenvalue weighted by Gasteiger charge is -2.19. The molecule has 4 N–H and O–H groups in total. The number of nitrogens with zero attached hydrogens (tertiary/aromatic N) is 3. The Bertz CT molecular complexity index is 518. The first-order chi connectivity index (χ1) is 13.2. The van der Waals surface area contributed by atoms with Gasteiger partial charge in [-0.1, -0.05) is 12.8 Å². The highest BCUT2D eigenvalue weighted by Gasteiger charge is 2.10. The summed E-state index contributed by atoms with van der Waals surface area (Å²) >= 11 is 0. The van der Waals surface area contributed by atoms with Crippen LogP contribution in [0.25, 0.3) is 0 Å². The summed E-state index contributed by atoms with van der Waals surface area (Å²) in [5.74, 6) is 0.519. The lowest BCUT2D eigenvalue weighted by Crippen LogP contribution is -2.29. The lowest BCUT2D eigenvalue weighted by atomic mass is 10.1. The van der Waals surface area contributed by atoms with E-state index in [-0.39, 0.29) is 5.91 Å². The standard InChI is InChI=1S/C10H16N4.C8H16N2O3/c1-9-7-12-10(13-8-9)14-5-2-3-11-4-6-14;11-7-9-6-4-2-1-3-5-8(12)10-13/h7-8,11H,2-6H2,1H3;7,13H,1-6H2,(H,9,11)(H,10,12). The molecule has 9 nitrogen and oxygen atoms in total. The van der Waals surface area contributed by atoms with Crippen LogP contribution >= 0.6 is 0 Å². The fourth-order valence-electron chi connectivity index (χ4n) is 2.58. The molecule has 1 fully saturated rings. The molecule has 2 amide bonds. The van der Waals surface area contributed by atoms with Gasteiger partial charge < -0.3 is 15.5 Å². The van der Waals surface area contributed by atoms with Crippen molar-refractivity contribution in [2.75, 3.05) is 37.6 Å². The number of carbonyl (C=O) groups excluding carboxylic acids is 2. The zero-order valence-corrected chi connectivity index (χ0v) is 16.1. The summed E-state index contributed by atoms with van der Waals surface area (Å²) in [5, 5.41) is 14.1. The molecule has 0 atom stereocenters. The molecule has 1 aliphatic rings. The van der Waals surface area contributed by atoms with E-state index in [0.29, 0.717) is 19.4 Å². The van der Waals surface area contributed by atoms with E-state index in [0.717, 1.165) is 69.8 Å². The molecule has 0 saturated carbocycles. The number of hydrogen-bond acceptors (Lipinski definition) is 7. The summed E-state index contributed by atoms with van der Waals surface area (Å²) in [7, 11) is 0. The van der Waals surface area contributed by atoms with Gasteiger partial charge in [-0.25, -0.2) is 15.4 Å². The predicted molar refractivity (Wildman–Crippen MR) is 104 cm³/mol. The lowest BCUT2D eigenvalue weighted by molar-refractivity contribution is -0.129. The first-order valence-electron chi connectivity index (χ1n) is 9.51. The van der Waals surface area contributed by atoms with Crippen LogP contribution in [0.4, 0.5) is 5.95 Å². The Labute approximate surface area is 160 Å². The minimum Gasteiger partial charge on any atom is -0.359 e. The first kappa shape index (κ1) is 22.8. The van der Waals surface area contributed by atoms with Gasteiger partial charge in [-0.05, 0) is 38.3 Å². The molecule has 27 heavy (non-hydrogen) atoms. The van der Waals surface area contributed by atoms with Crippen LogP contribution in [0.3, 0.4) is 0 Å². The van der Waals surface area contributed by atoms with Crippen molar-refractivity contribution in [3.8, 4) is 0 Å². The topological polar surface area (TPSA) is 119 Å². The van der Waals surface area contributed by atoms with E-state index in [1.807, 2.05) is 19.3 Å². The van der Waals surface area contributed by atoms with E-state index in [9.17, 15) is 9.59 Å². The number of hydrogen-bond donors (Lipinski definition) is 4. The smallest absolute Gasteiger partial charge is 0.243 e. The van der Waals surface area contributed by atoms with Gasteiger partial charge in [0.15, 0.2) is 0 Å². The van der Waals surface area contributed by atoms with Gasteiger partial charge >= 0.3 is 0 Å². The van der Waals surface area contributed by atoms with Gasteiger partial charge in [-0.2, -0.15) is 0 Å². The zero-order valence-electron chi connectivity index (χ0n) is 16.1. The third-order valence-corrected chi connectivity index (χ3v) is 4.07. The number of hydroxylamine groups is 1. The molecule has 152 valence electrons. The second-order valence-corrected chi connectivity index (χ2v) is 6.42. The van der Waals surface area contributed by atoms with Crippen molar-refractivity contribution in [1.82, 2.24) is 26.1 Å². The minimum absolute atomic E-state index is 0.342. The first-order valence-corrected chi connectivity index (χ1v) is 9.51. The molecule has 0 spiro atoms. The maximum absolute atomic E-state index is 10.5. The molecule has 0 aromatic carbocycles. The van der Waals surface area contributed by atoms with Crippen molar-refractivity contribution in [3.05, 3.63) is 18.0 Å². The molecule has 1 aromatic rings. The maximum atomic E-state index is 10.5. The summed E-state index contributed by atoms with van der Waals surface area (Å²) in [6.45, 7) is 6.88. The highest BCUT2D eigenvalue weighted by molar-refractivity contribution is 5.74. The Balaban J connectivity index is 0.000000271. The minimum atomic E-state index is -0.342. The Kier molecular flexibility index (Phi) is 12.5. The van der Waals surface area contributed by atoms with Gasteiger partial charge in [0.2, 0.25) is 18.3 Å². The summed E-state index contributed by atoms with van der Waals surface area (Å²) in [6, 6.07) is 0. The largest absolute Gasteiger partial charge is 0.359 e. The summed E-state index contributed by atoms with van der Waals surface area (Å²) < 4.78 is 0. The summed E-state index contributed by atoms with van der Waals surface area (Å²) in [5.41, 5.74) is 2.69. The van der Waals surface area contributed by atoms with Crippen LogP contribution in [0.2, 0.25) is 0 Å². The SMILES string of the molecule is Cc1cnc(N2CCCNCC2)nc1.O=CNCCCCCCC(=O)NO. The number of carbonyl (C=O) groups is 2. The average Bonchev–Trinajstić information content (AvgIpc) is 2.98. The third-order valence-electron chi connectivity index (χ3n) is 4.07. The number of unbranched alkanes of at least 4 members (excludes halogenated alkanes) is 3. The highest BCUT2D eigenvalue weighted by Crippen LogP contribution is 2.07. The van der Waals surface area contributed by atoms with E-state index in [4.69, 9.17) is 5.21 Å². The molecular formula is C18H32N6O3. The van der Waals surface area contributed by atoms with Crippen LogP contribution in [0, 0.1) is 6.92 Å². The molecule has 1 saturated heterocycles. The fourth-order valence-corrected chi connectivity index (χ4v) is 2.58. The van der Waals surface area contributed by atoms with Gasteiger partial charge in [-0.15, -0.1) is 0 Å². The van der Waals surface area contributed by atoms with Crippen molar-refractivity contribution < 1.29 is 14.8 Å². The molecular weight excluding hydrogens is 348 g/mol. The normalized spacial score (nSPS) is 13.8. The molecule has 1 aliphatic heterocycles. The van der Waals surface area contributed by atoms with Crippen LogP contribution in [0.5, 0.6) is 0 Å². The Hall–Kier alpha value is -2.26. The van der Waals surface area contributed by atoms with Gasteiger partial charge in [-0.3, -0.25) is 14.8 Å². The van der Waals surface area contributed by atoms with Crippen LogP contribution in [0.1, 0.15) is 44.1 Å². The van der Waals surface area contributed by atoms with Crippen LogP contribution < -0.4 is 21.0 Å². The van der Waals surface area contributed by atoms with E-state index in [1.165, 1.54) is 0 Å². The molecule has 0 aliphatic carbocycles. The Morgan fingerprint density at radius 3 is 2.67 bits per heavy atom. The zero-order chi connectivity index (χ0) is 19.7. The molecule has 1 aromatic heterocycles. The van der Waals surface area contributed by atoms with Gasteiger partial charge in [0.25, 0.3) is 0 Å². The molecule has 9 heteroatoms. The van der Waals surface area contributed by atoms with Crippen LogP contribution in [-0.4, -0.2) is 60.2 Å². The van der Waals surface area contributed by atoms with E-state index in [1.54, 1.807) is 5.48 Å². The van der Waals surface area contributed by atoms with E-state index < -0.39 is 0 Å². The summed E-state index contributed by atoms with van der Waals surface area (Å²) in [4.78, 5) is 31.3. The quantitative estimate of drug-likeness (QED) is 0.216. The molecule has 0 bridgehead atoms. The van der Waals surface area contributed by atoms with Crippen LogP contribution in [-0.2, 0) is 9.59 Å². The second-order valence-electron chi connectivity index (χ2n) is 6.42. The monoisotopic (exact) mass is 380 g/mol. The predicted octanol–water partition coefficient (Wildman–Crippen LogP) is 0.773. The molecule has 2 heterocycles. The van der Waals surface area contributed by atoms with Crippen molar-refractivity contribution in [2.45, 2.75) is 45.4 Å². The number of amides is 2. The maximum Gasteiger partial charge on any atom is 0.243 e. The van der Waals surface area contributed by atoms with E-state index >= 15 is 0 Å². The van der Waals surface area contributed by atoms with Crippen molar-refractivity contribution >= 4 is 18.3 Å². The van der Waals surface area contributed by atoms with Gasteiger partial charge in [0, 0.05) is 45.0 Å². The van der Waals surface area contributed by atoms with Crippen molar-refractivity contribution in [3.63, 3.8) is 0 Å². The summed E-state index contributed by atoms with van der Waals surface area (Å²) in [6.07, 6.45) is 9.58. The molecule has 2 rings (SSSR count). The van der Waals surface area contributed by atoms with Crippen molar-refractivity contribution in [2.24, 2.45) is 0 Å². The van der Waals surface area contributed by atoms with E-state index in [2.05, 4.69) is 25.5 Å². The second kappa shape index (κ2) is 14.9. The van der Waals surface area contributed by atoms with Crippen molar-refractivity contribution in [1.29, 1.82) is 0 Å². The Morgan fingerprint density at radius 2 is 1.96 bits per heavy atom. The van der Waals surface area contributed by atoms with Gasteiger partial charge in [0.05, 0.1) is 0 Å². The Morgan fingerprint density at radius 1 is 1.22 bits per heavy atom.